The average molecular weight is 289 g/mol. The Labute approximate surface area is 128 Å². The van der Waals surface area contributed by atoms with Gasteiger partial charge in [0, 0.05) is 31.6 Å². The highest BCUT2D eigenvalue weighted by atomic mass is 16.2. The molecule has 1 aliphatic rings. The fourth-order valence-electron chi connectivity index (χ4n) is 2.44. The molecule has 1 N–H and O–H groups in total. The van der Waals surface area contributed by atoms with Gasteiger partial charge in [-0.1, -0.05) is 51.1 Å². The Bertz CT molecular complexity index is 459. The standard InChI is InChI=1S/C17H27N3O/c1-17(2,3)16(21)18-15(14-8-6-5-7-9-14)20-12-10-19(4)11-13-20/h5-9,15H,10-13H2,1-4H3,(H,18,21). The first kappa shape index (κ1) is 16.0. The van der Waals surface area contributed by atoms with Gasteiger partial charge in [0.25, 0.3) is 0 Å². The Morgan fingerprint density at radius 1 is 1.10 bits per heavy atom. The molecule has 1 saturated heterocycles. The minimum absolute atomic E-state index is 0.0355. The Morgan fingerprint density at radius 2 is 1.67 bits per heavy atom. The molecule has 0 radical (unpaired) electrons. The highest BCUT2D eigenvalue weighted by molar-refractivity contribution is 5.81. The highest BCUT2D eigenvalue weighted by Gasteiger charge is 2.29. The maximum Gasteiger partial charge on any atom is 0.226 e. The van der Waals surface area contributed by atoms with E-state index in [4.69, 9.17) is 0 Å². The van der Waals surface area contributed by atoms with E-state index in [9.17, 15) is 4.79 Å². The number of nitrogens with one attached hydrogen (secondary N) is 1. The van der Waals surface area contributed by atoms with E-state index >= 15 is 0 Å². The summed E-state index contributed by atoms with van der Waals surface area (Å²) in [5.74, 6) is 0.0929. The van der Waals surface area contributed by atoms with Gasteiger partial charge in [-0.2, -0.15) is 0 Å². The Balaban J connectivity index is 2.17. The summed E-state index contributed by atoms with van der Waals surface area (Å²) in [7, 11) is 2.14. The van der Waals surface area contributed by atoms with Gasteiger partial charge in [-0.05, 0) is 12.6 Å². The van der Waals surface area contributed by atoms with Gasteiger partial charge in [0.1, 0.15) is 6.17 Å². The lowest BCUT2D eigenvalue weighted by molar-refractivity contribution is -0.131. The van der Waals surface area contributed by atoms with E-state index in [1.807, 2.05) is 39.0 Å². The normalized spacial score (nSPS) is 19.2. The second-order valence-corrected chi connectivity index (χ2v) is 6.88. The number of hydrogen-bond donors (Lipinski definition) is 1. The zero-order chi connectivity index (χ0) is 15.5. The number of likely N-dealkylation sites (N-methyl/N-ethyl adjacent to an activating group) is 1. The van der Waals surface area contributed by atoms with Crippen LogP contribution in [0.3, 0.4) is 0 Å². The van der Waals surface area contributed by atoms with Crippen molar-refractivity contribution in [3.63, 3.8) is 0 Å². The largest absolute Gasteiger partial charge is 0.336 e. The van der Waals surface area contributed by atoms with Gasteiger partial charge in [0.2, 0.25) is 5.91 Å². The molecule has 0 aromatic heterocycles. The van der Waals surface area contributed by atoms with Crippen molar-refractivity contribution < 1.29 is 4.79 Å². The third kappa shape index (κ3) is 4.29. The second kappa shape index (κ2) is 6.58. The van der Waals surface area contributed by atoms with Crippen molar-refractivity contribution in [3.05, 3.63) is 35.9 Å². The maximum atomic E-state index is 12.4. The van der Waals surface area contributed by atoms with Crippen LogP contribution in [0.25, 0.3) is 0 Å². The van der Waals surface area contributed by atoms with Gasteiger partial charge in [-0.15, -0.1) is 0 Å². The van der Waals surface area contributed by atoms with Crippen molar-refractivity contribution >= 4 is 5.91 Å². The Kier molecular flexibility index (Phi) is 5.01. The number of piperazine rings is 1. The van der Waals surface area contributed by atoms with Crippen molar-refractivity contribution in [1.82, 2.24) is 15.1 Å². The molecule has 1 unspecified atom stereocenters. The van der Waals surface area contributed by atoms with Crippen LogP contribution in [-0.4, -0.2) is 48.9 Å². The zero-order valence-electron chi connectivity index (χ0n) is 13.6. The number of amides is 1. The molecule has 4 nitrogen and oxygen atoms in total. The van der Waals surface area contributed by atoms with Gasteiger partial charge in [0.15, 0.2) is 0 Å². The molecule has 4 heteroatoms. The molecule has 1 aromatic carbocycles. The molecular formula is C17H27N3O. The molecule has 1 heterocycles. The topological polar surface area (TPSA) is 35.6 Å². The van der Waals surface area contributed by atoms with Gasteiger partial charge in [-0.25, -0.2) is 0 Å². The van der Waals surface area contributed by atoms with Crippen LogP contribution in [-0.2, 0) is 4.79 Å². The van der Waals surface area contributed by atoms with Gasteiger partial charge >= 0.3 is 0 Å². The Morgan fingerprint density at radius 3 is 2.19 bits per heavy atom. The predicted octanol–water partition coefficient (Wildman–Crippen LogP) is 2.09. The lowest BCUT2D eigenvalue weighted by Gasteiger charge is -2.39. The number of nitrogens with zero attached hydrogens (tertiary/aromatic N) is 2. The smallest absolute Gasteiger partial charge is 0.226 e. The maximum absolute atomic E-state index is 12.4. The number of carbonyl (C=O) groups is 1. The summed E-state index contributed by atoms with van der Waals surface area (Å²) in [5, 5.41) is 3.23. The third-order valence-electron chi connectivity index (χ3n) is 3.97. The monoisotopic (exact) mass is 289 g/mol. The average Bonchev–Trinajstić information content (AvgIpc) is 2.45. The molecule has 2 rings (SSSR count). The van der Waals surface area contributed by atoms with E-state index in [0.717, 1.165) is 31.7 Å². The van der Waals surface area contributed by atoms with Crippen LogP contribution in [0.5, 0.6) is 0 Å². The molecule has 0 spiro atoms. The van der Waals surface area contributed by atoms with E-state index < -0.39 is 0 Å². The predicted molar refractivity (Wildman–Crippen MR) is 85.9 cm³/mol. The van der Waals surface area contributed by atoms with Crippen LogP contribution >= 0.6 is 0 Å². The first-order valence-electron chi connectivity index (χ1n) is 7.66. The first-order chi connectivity index (χ1) is 9.88. The molecule has 1 atom stereocenters. The lowest BCUT2D eigenvalue weighted by atomic mass is 9.95. The summed E-state index contributed by atoms with van der Waals surface area (Å²) in [6.45, 7) is 9.88. The van der Waals surface area contributed by atoms with Crippen LogP contribution in [0.4, 0.5) is 0 Å². The zero-order valence-corrected chi connectivity index (χ0v) is 13.6. The lowest BCUT2D eigenvalue weighted by Crippen LogP contribution is -2.52. The van der Waals surface area contributed by atoms with Gasteiger partial charge < -0.3 is 10.2 Å². The minimum atomic E-state index is -0.375. The van der Waals surface area contributed by atoms with E-state index in [1.165, 1.54) is 0 Å². The summed E-state index contributed by atoms with van der Waals surface area (Å²) in [6.07, 6.45) is -0.0355. The highest BCUT2D eigenvalue weighted by Crippen LogP contribution is 2.22. The van der Waals surface area contributed by atoms with Crippen LogP contribution in [0.15, 0.2) is 30.3 Å². The molecule has 21 heavy (non-hydrogen) atoms. The summed E-state index contributed by atoms with van der Waals surface area (Å²) in [4.78, 5) is 17.1. The fraction of sp³-hybridized carbons (Fsp3) is 0.588. The molecule has 1 aromatic rings. The molecule has 1 amide bonds. The van der Waals surface area contributed by atoms with Crippen molar-refractivity contribution in [2.75, 3.05) is 33.2 Å². The Hall–Kier alpha value is -1.39. The SMILES string of the molecule is CN1CCN(C(NC(=O)C(C)(C)C)c2ccccc2)CC1. The van der Waals surface area contributed by atoms with Crippen LogP contribution in [0.2, 0.25) is 0 Å². The van der Waals surface area contributed by atoms with Crippen molar-refractivity contribution in [1.29, 1.82) is 0 Å². The summed E-state index contributed by atoms with van der Waals surface area (Å²) < 4.78 is 0. The summed E-state index contributed by atoms with van der Waals surface area (Å²) in [6, 6.07) is 10.2. The number of carbonyl (C=O) groups excluding carboxylic acids is 1. The van der Waals surface area contributed by atoms with E-state index in [0.29, 0.717) is 0 Å². The van der Waals surface area contributed by atoms with Crippen LogP contribution in [0, 0.1) is 5.41 Å². The molecule has 0 aliphatic carbocycles. The quantitative estimate of drug-likeness (QED) is 0.925. The van der Waals surface area contributed by atoms with E-state index in [2.05, 4.69) is 34.3 Å². The van der Waals surface area contributed by atoms with Crippen molar-refractivity contribution in [2.45, 2.75) is 26.9 Å². The minimum Gasteiger partial charge on any atom is -0.336 e. The first-order valence-corrected chi connectivity index (χ1v) is 7.66. The van der Waals surface area contributed by atoms with Gasteiger partial charge in [-0.3, -0.25) is 9.69 Å². The molecule has 1 fully saturated rings. The number of benzene rings is 1. The summed E-state index contributed by atoms with van der Waals surface area (Å²) >= 11 is 0. The fourth-order valence-corrected chi connectivity index (χ4v) is 2.44. The van der Waals surface area contributed by atoms with Crippen LogP contribution < -0.4 is 5.32 Å². The number of hydrogen-bond acceptors (Lipinski definition) is 3. The molecule has 1 aliphatic heterocycles. The summed E-state index contributed by atoms with van der Waals surface area (Å²) in [5.41, 5.74) is 0.777. The molecule has 0 saturated carbocycles. The van der Waals surface area contributed by atoms with Crippen molar-refractivity contribution in [2.24, 2.45) is 5.41 Å². The molecule has 116 valence electrons. The van der Waals surface area contributed by atoms with Crippen molar-refractivity contribution in [3.8, 4) is 0 Å². The van der Waals surface area contributed by atoms with E-state index in [-0.39, 0.29) is 17.5 Å². The van der Waals surface area contributed by atoms with Gasteiger partial charge in [0.05, 0.1) is 0 Å². The third-order valence-corrected chi connectivity index (χ3v) is 3.97. The second-order valence-electron chi connectivity index (χ2n) is 6.88. The number of rotatable bonds is 3. The molecule has 0 bridgehead atoms. The van der Waals surface area contributed by atoms with E-state index in [1.54, 1.807) is 0 Å². The molecular weight excluding hydrogens is 262 g/mol. The van der Waals surface area contributed by atoms with Crippen LogP contribution in [0.1, 0.15) is 32.5 Å².